The molecule has 0 aliphatic carbocycles. The molecule has 0 radical (unpaired) electrons. The fraction of sp³-hybridized carbons (Fsp3) is 0.200. The van der Waals surface area contributed by atoms with Crippen molar-refractivity contribution in [3.05, 3.63) is 85.2 Å². The van der Waals surface area contributed by atoms with Gasteiger partial charge in [0.2, 0.25) is 0 Å². The minimum Gasteiger partial charge on any atom is -0.450 e. The maximum absolute atomic E-state index is 12.3. The Hall–Kier alpha value is -2.77. The van der Waals surface area contributed by atoms with Crippen LogP contribution in [0, 0.1) is 0 Å². The van der Waals surface area contributed by atoms with Crippen LogP contribution >= 0.6 is 11.8 Å². The first-order chi connectivity index (χ1) is 13.0. The van der Waals surface area contributed by atoms with Gasteiger partial charge in [0.25, 0.3) is 11.1 Å². The topological polar surface area (TPSA) is 82.1 Å². The van der Waals surface area contributed by atoms with Crippen molar-refractivity contribution >= 4 is 23.9 Å². The van der Waals surface area contributed by atoms with Crippen molar-refractivity contribution < 1.29 is 4.42 Å². The summed E-state index contributed by atoms with van der Waals surface area (Å²) in [6, 6.07) is 13.0. The molecule has 0 saturated carbocycles. The van der Waals surface area contributed by atoms with Gasteiger partial charge in [-0.05, 0) is 37.9 Å². The second-order valence-corrected chi connectivity index (χ2v) is 7.34. The quantitative estimate of drug-likeness (QED) is 0.620. The summed E-state index contributed by atoms with van der Waals surface area (Å²) in [5, 5.41) is 1.14. The lowest BCUT2D eigenvalue weighted by molar-refractivity contribution is 0.434. The molecule has 2 heterocycles. The van der Waals surface area contributed by atoms with Gasteiger partial charge in [0, 0.05) is 18.4 Å². The number of rotatable bonds is 6. The normalized spacial score (nSPS) is 12.9. The molecule has 0 saturated heterocycles. The summed E-state index contributed by atoms with van der Waals surface area (Å²) in [5.41, 5.74) is 0.0904. The molecule has 0 unspecified atom stereocenters. The third-order valence-electron chi connectivity index (χ3n) is 3.77. The summed E-state index contributed by atoms with van der Waals surface area (Å²) < 4.78 is 5.70. The Morgan fingerprint density at radius 3 is 2.30 bits per heavy atom. The molecule has 0 fully saturated rings. The third-order valence-corrected chi connectivity index (χ3v) is 4.66. The molecule has 0 aliphatic rings. The first-order valence-corrected chi connectivity index (χ1v) is 9.48. The Labute approximate surface area is 160 Å². The standard InChI is InChI=1S/C20H21N3O3S/c1-23(2)10-11-27-18-9-8-15(26-18)13-17-20(25)21-16(19(24)22-17)12-14-6-4-3-5-7-14/h3-9,12-13H,10-11H2,1-2H3,(H,21,25)(H,22,24). The zero-order chi connectivity index (χ0) is 19.2. The lowest BCUT2D eigenvalue weighted by atomic mass is 10.2. The van der Waals surface area contributed by atoms with Gasteiger partial charge in [-0.3, -0.25) is 9.59 Å². The predicted octanol–water partition coefficient (Wildman–Crippen LogP) is 0.967. The molecule has 3 rings (SSSR count). The number of hydrogen-bond donors (Lipinski definition) is 2. The number of benzene rings is 1. The van der Waals surface area contributed by atoms with Crippen LogP contribution in [0.25, 0.3) is 12.2 Å². The molecule has 0 bridgehead atoms. The highest BCUT2D eigenvalue weighted by molar-refractivity contribution is 7.99. The van der Waals surface area contributed by atoms with Crippen molar-refractivity contribution in [3.8, 4) is 0 Å². The second kappa shape index (κ2) is 8.75. The zero-order valence-electron chi connectivity index (χ0n) is 15.2. The molecule has 140 valence electrons. The molecule has 0 aliphatic heterocycles. The molecule has 2 N–H and O–H groups in total. The Morgan fingerprint density at radius 2 is 1.63 bits per heavy atom. The van der Waals surface area contributed by atoms with E-state index in [2.05, 4.69) is 14.9 Å². The molecule has 0 amide bonds. The molecule has 0 spiro atoms. The van der Waals surface area contributed by atoms with Gasteiger partial charge in [-0.15, -0.1) is 0 Å². The number of hydrogen-bond acceptors (Lipinski definition) is 5. The van der Waals surface area contributed by atoms with Crippen molar-refractivity contribution in [2.75, 3.05) is 26.4 Å². The number of aromatic amines is 2. The second-order valence-electron chi connectivity index (χ2n) is 6.24. The van der Waals surface area contributed by atoms with Crippen LogP contribution in [-0.2, 0) is 0 Å². The summed E-state index contributed by atoms with van der Waals surface area (Å²) in [4.78, 5) is 31.9. The smallest absolute Gasteiger partial charge is 0.272 e. The van der Waals surface area contributed by atoms with Crippen molar-refractivity contribution in [3.63, 3.8) is 0 Å². The third kappa shape index (κ3) is 5.35. The Morgan fingerprint density at radius 1 is 0.963 bits per heavy atom. The van der Waals surface area contributed by atoms with Crippen LogP contribution in [0.3, 0.4) is 0 Å². The molecular weight excluding hydrogens is 362 g/mol. The highest BCUT2D eigenvalue weighted by Gasteiger charge is 2.03. The average Bonchev–Trinajstić information content (AvgIpc) is 3.07. The molecule has 6 nitrogen and oxygen atoms in total. The van der Waals surface area contributed by atoms with Gasteiger partial charge in [-0.2, -0.15) is 0 Å². The van der Waals surface area contributed by atoms with E-state index in [0.717, 1.165) is 23.0 Å². The highest BCUT2D eigenvalue weighted by atomic mass is 32.2. The number of H-pyrrole nitrogens is 2. The van der Waals surface area contributed by atoms with E-state index in [-0.39, 0.29) is 21.8 Å². The van der Waals surface area contributed by atoms with Gasteiger partial charge < -0.3 is 19.3 Å². The summed E-state index contributed by atoms with van der Waals surface area (Å²) in [6.07, 6.45) is 3.17. The van der Waals surface area contributed by atoms with Crippen LogP contribution in [0.4, 0.5) is 0 Å². The van der Waals surface area contributed by atoms with Crippen LogP contribution < -0.4 is 21.8 Å². The van der Waals surface area contributed by atoms with Crippen molar-refractivity contribution in [2.24, 2.45) is 0 Å². The summed E-state index contributed by atoms with van der Waals surface area (Å²) in [6.45, 7) is 0.941. The molecule has 0 atom stereocenters. The first kappa shape index (κ1) is 19.0. The fourth-order valence-corrected chi connectivity index (χ4v) is 3.35. The van der Waals surface area contributed by atoms with E-state index in [1.807, 2.05) is 50.5 Å². The van der Waals surface area contributed by atoms with E-state index < -0.39 is 0 Å². The lowest BCUT2D eigenvalue weighted by Gasteiger charge is -2.06. The summed E-state index contributed by atoms with van der Waals surface area (Å²) in [7, 11) is 4.03. The molecule has 7 heteroatoms. The van der Waals surface area contributed by atoms with Crippen LogP contribution in [0.15, 0.2) is 61.6 Å². The van der Waals surface area contributed by atoms with Crippen LogP contribution in [0.1, 0.15) is 11.3 Å². The summed E-state index contributed by atoms with van der Waals surface area (Å²) >= 11 is 1.60. The Balaban J connectivity index is 1.87. The largest absolute Gasteiger partial charge is 0.450 e. The minimum atomic E-state index is -0.380. The Bertz CT molecular complexity index is 1130. The lowest BCUT2D eigenvalue weighted by Crippen LogP contribution is -2.46. The van der Waals surface area contributed by atoms with E-state index in [9.17, 15) is 9.59 Å². The monoisotopic (exact) mass is 383 g/mol. The SMILES string of the molecule is CN(C)CCSc1ccc(C=c2[nH]c(=O)c(=Cc3ccccc3)[nH]c2=O)o1. The van der Waals surface area contributed by atoms with E-state index in [4.69, 9.17) is 4.42 Å². The van der Waals surface area contributed by atoms with E-state index in [1.54, 1.807) is 23.9 Å². The van der Waals surface area contributed by atoms with E-state index in [1.165, 1.54) is 6.08 Å². The number of thioether (sulfide) groups is 1. The molecule has 3 aromatic rings. The van der Waals surface area contributed by atoms with Crippen LogP contribution in [0.2, 0.25) is 0 Å². The van der Waals surface area contributed by atoms with Gasteiger partial charge in [0.15, 0.2) is 5.09 Å². The zero-order valence-corrected chi connectivity index (χ0v) is 16.0. The summed E-state index contributed by atoms with van der Waals surface area (Å²) in [5.74, 6) is 1.42. The maximum Gasteiger partial charge on any atom is 0.272 e. The minimum absolute atomic E-state index is 0.157. The van der Waals surface area contributed by atoms with Crippen LogP contribution in [0.5, 0.6) is 0 Å². The van der Waals surface area contributed by atoms with E-state index in [0.29, 0.717) is 5.76 Å². The van der Waals surface area contributed by atoms with Gasteiger partial charge in [-0.1, -0.05) is 42.1 Å². The first-order valence-electron chi connectivity index (χ1n) is 8.50. The van der Waals surface area contributed by atoms with Crippen molar-refractivity contribution in [1.82, 2.24) is 14.9 Å². The fourth-order valence-electron chi connectivity index (χ4n) is 2.37. The number of furan rings is 1. The van der Waals surface area contributed by atoms with Gasteiger partial charge in [0.1, 0.15) is 16.5 Å². The molecular formula is C20H21N3O3S. The van der Waals surface area contributed by atoms with Crippen molar-refractivity contribution in [1.29, 1.82) is 0 Å². The van der Waals surface area contributed by atoms with Gasteiger partial charge in [0.05, 0.1) is 0 Å². The Kier molecular flexibility index (Phi) is 6.16. The number of nitrogens with zero attached hydrogens (tertiary/aromatic N) is 1. The highest BCUT2D eigenvalue weighted by Crippen LogP contribution is 2.20. The molecule has 1 aromatic carbocycles. The van der Waals surface area contributed by atoms with Gasteiger partial charge in [-0.25, -0.2) is 0 Å². The maximum atomic E-state index is 12.3. The van der Waals surface area contributed by atoms with Gasteiger partial charge >= 0.3 is 0 Å². The number of nitrogens with one attached hydrogen (secondary N) is 2. The molecule has 2 aromatic heterocycles. The van der Waals surface area contributed by atoms with Crippen LogP contribution in [-0.4, -0.2) is 41.3 Å². The average molecular weight is 383 g/mol. The van der Waals surface area contributed by atoms with E-state index >= 15 is 0 Å². The predicted molar refractivity (Wildman–Crippen MR) is 108 cm³/mol. The molecule has 27 heavy (non-hydrogen) atoms. The number of aromatic nitrogens is 2. The van der Waals surface area contributed by atoms with Crippen molar-refractivity contribution in [2.45, 2.75) is 5.09 Å².